The molecule has 3 aromatic heterocycles. The minimum Gasteiger partial charge on any atom is -0.454 e. The predicted octanol–water partition coefficient (Wildman–Crippen LogP) is 20.2. The van der Waals surface area contributed by atoms with Crippen LogP contribution in [0.25, 0.3) is 108 Å². The summed E-state index contributed by atoms with van der Waals surface area (Å²) < 4.78 is 16.3. The van der Waals surface area contributed by atoms with Crippen molar-refractivity contribution in [1.82, 2.24) is 0 Å². The molecule has 15 aromatic rings. The SMILES string of the molecule is c1ccc(-c2ccccc2CN(c2cccc3c2oc2ccccc23)c2cc3ccccc3c3c2sc2c(N(Cc4ccccc4-c4ccccc4)c4cccc5c4oc4ccccc45)cc4ccccc4c23)cc1. The van der Waals surface area contributed by atoms with Gasteiger partial charge in [-0.05, 0) is 91.3 Å². The fourth-order valence-corrected chi connectivity index (χ4v) is 13.2. The van der Waals surface area contributed by atoms with E-state index in [1.54, 1.807) is 0 Å². The minimum absolute atomic E-state index is 0.590. The molecule has 4 nitrogen and oxygen atoms in total. The van der Waals surface area contributed by atoms with Gasteiger partial charge < -0.3 is 18.6 Å². The third-order valence-electron chi connectivity index (χ3n) is 15.2. The topological polar surface area (TPSA) is 32.8 Å². The lowest BCUT2D eigenvalue weighted by atomic mass is 9.96. The van der Waals surface area contributed by atoms with Crippen molar-refractivity contribution in [2.75, 3.05) is 9.80 Å². The molecule has 0 unspecified atom stereocenters. The van der Waals surface area contributed by atoms with Gasteiger partial charge in [0.25, 0.3) is 0 Å². The smallest absolute Gasteiger partial charge is 0.159 e. The molecule has 75 heavy (non-hydrogen) atoms. The molecule has 0 aliphatic carbocycles. The molecule has 0 atom stereocenters. The second-order valence-corrected chi connectivity index (χ2v) is 20.5. The molecule has 15 rings (SSSR count). The molecule has 0 radical (unpaired) electrons. The van der Waals surface area contributed by atoms with Gasteiger partial charge in [0.05, 0.1) is 32.1 Å². The van der Waals surface area contributed by atoms with E-state index in [0.29, 0.717) is 13.1 Å². The van der Waals surface area contributed by atoms with Crippen LogP contribution in [0.3, 0.4) is 0 Å². The van der Waals surface area contributed by atoms with Crippen LogP contribution in [0.2, 0.25) is 0 Å². The normalized spacial score (nSPS) is 11.8. The molecule has 5 heteroatoms. The third-order valence-corrected chi connectivity index (χ3v) is 16.4. The minimum atomic E-state index is 0.590. The fourth-order valence-electron chi connectivity index (χ4n) is 11.8. The van der Waals surface area contributed by atoms with Gasteiger partial charge in [-0.2, -0.15) is 0 Å². The second kappa shape index (κ2) is 17.7. The summed E-state index contributed by atoms with van der Waals surface area (Å²) in [5.41, 5.74) is 15.0. The fraction of sp³-hybridized carbons (Fsp3) is 0.0286. The summed E-state index contributed by atoms with van der Waals surface area (Å²) in [5, 5.41) is 11.7. The Labute approximate surface area is 437 Å². The first-order chi connectivity index (χ1) is 37.2. The van der Waals surface area contributed by atoms with Crippen molar-refractivity contribution in [3.63, 3.8) is 0 Å². The van der Waals surface area contributed by atoms with E-state index in [9.17, 15) is 0 Å². The summed E-state index contributed by atoms with van der Waals surface area (Å²) in [7, 11) is 0. The number of thiophene rings is 1. The van der Waals surface area contributed by atoms with Crippen molar-refractivity contribution < 1.29 is 8.83 Å². The van der Waals surface area contributed by atoms with Gasteiger partial charge in [-0.1, -0.05) is 218 Å². The van der Waals surface area contributed by atoms with Crippen LogP contribution in [-0.2, 0) is 13.1 Å². The standard InChI is InChI=1S/C70H46N2O2S/c1-3-21-45(22-4-1)51-29-11-9-27-49(51)43-71(59-37-19-35-57-55-33-15-17-39-63(55)73-67(57)59)61-41-47-25-7-13-31-53(47)65-66-54-32-14-8-26-48(54)42-62(70(66)75-69(61)65)72(44-50-28-10-12-30-52(50)46-23-5-2-6-24-46)60-38-20-36-58-56-34-16-18-40-64(56)74-68(58)60/h1-42H,43-44H2. The van der Waals surface area contributed by atoms with E-state index < -0.39 is 0 Å². The molecular formula is C70H46N2O2S. The molecule has 0 spiro atoms. The lowest BCUT2D eigenvalue weighted by Crippen LogP contribution is -2.17. The van der Waals surface area contributed by atoms with Crippen LogP contribution in [0.15, 0.2) is 264 Å². The Morgan fingerprint density at radius 2 is 0.680 bits per heavy atom. The maximum Gasteiger partial charge on any atom is 0.159 e. The second-order valence-electron chi connectivity index (χ2n) is 19.5. The Hall–Kier alpha value is -9.42. The Kier molecular flexibility index (Phi) is 10.2. The maximum absolute atomic E-state index is 6.96. The van der Waals surface area contributed by atoms with Crippen LogP contribution >= 0.6 is 11.3 Å². The quantitative estimate of drug-likeness (QED) is 0.137. The van der Waals surface area contributed by atoms with Gasteiger partial charge in [-0.15, -0.1) is 11.3 Å². The molecular weight excluding hydrogens is 933 g/mol. The Bertz CT molecular complexity index is 4390. The van der Waals surface area contributed by atoms with Gasteiger partial charge in [-0.3, -0.25) is 0 Å². The summed E-state index contributed by atoms with van der Waals surface area (Å²) in [4.78, 5) is 5.06. The van der Waals surface area contributed by atoms with Crippen molar-refractivity contribution >= 4 is 120 Å². The van der Waals surface area contributed by atoms with Crippen LogP contribution in [0, 0.1) is 0 Å². The highest BCUT2D eigenvalue weighted by atomic mass is 32.1. The van der Waals surface area contributed by atoms with Crippen LogP contribution in [0.5, 0.6) is 0 Å². The lowest BCUT2D eigenvalue weighted by Gasteiger charge is -2.28. The van der Waals surface area contributed by atoms with Crippen LogP contribution in [0.1, 0.15) is 11.1 Å². The highest BCUT2D eigenvalue weighted by Crippen LogP contribution is 2.54. The maximum atomic E-state index is 6.96. The summed E-state index contributed by atoms with van der Waals surface area (Å²) >= 11 is 1.89. The molecule has 0 N–H and O–H groups in total. The molecule has 0 bridgehead atoms. The Balaban J connectivity index is 1.05. The van der Waals surface area contributed by atoms with Crippen molar-refractivity contribution in [2.24, 2.45) is 0 Å². The van der Waals surface area contributed by atoms with Gasteiger partial charge in [0.2, 0.25) is 0 Å². The zero-order valence-electron chi connectivity index (χ0n) is 40.8. The zero-order valence-corrected chi connectivity index (χ0v) is 41.6. The van der Waals surface area contributed by atoms with E-state index in [4.69, 9.17) is 8.83 Å². The number of furan rings is 2. The Morgan fingerprint density at radius 3 is 1.15 bits per heavy atom. The summed E-state index contributed by atoms with van der Waals surface area (Å²) in [6.07, 6.45) is 0. The molecule has 0 saturated heterocycles. The zero-order chi connectivity index (χ0) is 49.4. The van der Waals surface area contributed by atoms with Crippen LogP contribution in [0.4, 0.5) is 22.7 Å². The van der Waals surface area contributed by atoms with Gasteiger partial charge in [0, 0.05) is 45.4 Å². The monoisotopic (exact) mass is 978 g/mol. The van der Waals surface area contributed by atoms with Crippen LogP contribution in [-0.4, -0.2) is 0 Å². The first kappa shape index (κ1) is 43.2. The summed E-state index contributed by atoms with van der Waals surface area (Å²) in [6, 6.07) is 92.1. The van der Waals surface area contributed by atoms with E-state index in [0.717, 1.165) is 66.6 Å². The molecule has 0 amide bonds. The van der Waals surface area contributed by atoms with E-state index in [-0.39, 0.29) is 0 Å². The first-order valence-corrected chi connectivity index (χ1v) is 26.5. The van der Waals surface area contributed by atoms with E-state index in [1.807, 2.05) is 11.3 Å². The number of hydrogen-bond acceptors (Lipinski definition) is 5. The number of anilines is 4. The number of rotatable bonds is 10. The first-order valence-electron chi connectivity index (χ1n) is 25.6. The van der Waals surface area contributed by atoms with Gasteiger partial charge in [0.15, 0.2) is 11.2 Å². The molecule has 0 aliphatic heterocycles. The molecule has 3 heterocycles. The van der Waals surface area contributed by atoms with Gasteiger partial charge in [0.1, 0.15) is 11.2 Å². The molecule has 0 fully saturated rings. The largest absolute Gasteiger partial charge is 0.454 e. The summed E-state index contributed by atoms with van der Waals surface area (Å²) in [5.74, 6) is 0. The van der Waals surface area contributed by atoms with E-state index in [1.165, 1.54) is 75.1 Å². The lowest BCUT2D eigenvalue weighted by molar-refractivity contribution is 0.667. The number of para-hydroxylation sites is 4. The van der Waals surface area contributed by atoms with Crippen LogP contribution < -0.4 is 9.80 Å². The number of benzene rings is 12. The van der Waals surface area contributed by atoms with Gasteiger partial charge in [-0.25, -0.2) is 0 Å². The highest BCUT2D eigenvalue weighted by Gasteiger charge is 2.28. The van der Waals surface area contributed by atoms with E-state index >= 15 is 0 Å². The van der Waals surface area contributed by atoms with Crippen molar-refractivity contribution in [1.29, 1.82) is 0 Å². The summed E-state index contributed by atoms with van der Waals surface area (Å²) in [6.45, 7) is 1.18. The number of hydrogen-bond donors (Lipinski definition) is 0. The number of nitrogens with zero attached hydrogens (tertiary/aromatic N) is 2. The highest BCUT2D eigenvalue weighted by molar-refractivity contribution is 7.27. The van der Waals surface area contributed by atoms with E-state index in [2.05, 4.69) is 265 Å². The molecule has 0 aliphatic rings. The van der Waals surface area contributed by atoms with Gasteiger partial charge >= 0.3 is 0 Å². The molecule has 12 aromatic carbocycles. The molecule has 354 valence electrons. The molecule has 0 saturated carbocycles. The average molecular weight is 979 g/mol. The average Bonchev–Trinajstić information content (AvgIpc) is 4.27. The van der Waals surface area contributed by atoms with Crippen molar-refractivity contribution in [3.05, 3.63) is 266 Å². The van der Waals surface area contributed by atoms with Crippen molar-refractivity contribution in [2.45, 2.75) is 13.1 Å². The van der Waals surface area contributed by atoms with Crippen molar-refractivity contribution in [3.8, 4) is 22.3 Å². The predicted molar refractivity (Wildman–Crippen MR) is 317 cm³/mol. The third kappa shape index (κ3) is 7.11. The number of fused-ring (bicyclic) bond motifs is 13. The Morgan fingerprint density at radius 1 is 0.307 bits per heavy atom.